The molecule has 0 saturated carbocycles. The summed E-state index contributed by atoms with van der Waals surface area (Å²) in [6.07, 6.45) is 3.32. The summed E-state index contributed by atoms with van der Waals surface area (Å²) >= 11 is 3.43. The van der Waals surface area contributed by atoms with Crippen molar-refractivity contribution in [2.45, 2.75) is 6.04 Å². The zero-order chi connectivity index (χ0) is 22.9. The largest absolute Gasteiger partial charge is 0.339 e. The maximum atomic E-state index is 14.7. The number of benzene rings is 3. The minimum Gasteiger partial charge on any atom is -0.339 e. The van der Waals surface area contributed by atoms with Gasteiger partial charge in [0.15, 0.2) is 0 Å². The van der Waals surface area contributed by atoms with Crippen molar-refractivity contribution in [1.29, 1.82) is 0 Å². The maximum Gasteiger partial charge on any atom is 0.261 e. The number of amides is 1. The number of nitrogens with one attached hydrogen (secondary N) is 2. The summed E-state index contributed by atoms with van der Waals surface area (Å²) in [5.41, 5.74) is 2.76. The fraction of sp³-hybridized carbons (Fsp3) is 0.0400. The smallest absolute Gasteiger partial charge is 0.261 e. The number of hydrogen-bond acceptors (Lipinski definition) is 3. The molecular formula is C25H17BrF2N4O. The van der Waals surface area contributed by atoms with Gasteiger partial charge in [-0.1, -0.05) is 46.3 Å². The second kappa shape index (κ2) is 8.63. The topological polar surface area (TPSA) is 59.0 Å². The van der Waals surface area contributed by atoms with E-state index in [0.29, 0.717) is 17.1 Å². The van der Waals surface area contributed by atoms with Gasteiger partial charge < -0.3 is 10.6 Å². The van der Waals surface area contributed by atoms with Crippen LogP contribution in [0.4, 0.5) is 20.3 Å². The molecule has 5 rings (SSSR count). The van der Waals surface area contributed by atoms with Crippen molar-refractivity contribution in [3.8, 4) is 0 Å². The van der Waals surface area contributed by atoms with E-state index in [-0.39, 0.29) is 11.4 Å². The number of halogens is 3. The van der Waals surface area contributed by atoms with Crippen molar-refractivity contribution in [2.24, 2.45) is 0 Å². The van der Waals surface area contributed by atoms with Gasteiger partial charge in [0.2, 0.25) is 0 Å². The van der Waals surface area contributed by atoms with Crippen molar-refractivity contribution in [3.63, 3.8) is 0 Å². The molecule has 0 aliphatic carbocycles. The molecule has 4 aromatic rings. The van der Waals surface area contributed by atoms with Crippen molar-refractivity contribution in [2.75, 3.05) is 10.6 Å². The van der Waals surface area contributed by atoms with E-state index in [1.54, 1.807) is 22.9 Å². The lowest BCUT2D eigenvalue weighted by Gasteiger charge is -2.26. The highest BCUT2D eigenvalue weighted by Crippen LogP contribution is 2.36. The van der Waals surface area contributed by atoms with Crippen LogP contribution < -0.4 is 10.6 Å². The lowest BCUT2D eigenvalue weighted by atomic mass is 10.0. The van der Waals surface area contributed by atoms with Crippen LogP contribution in [0.25, 0.3) is 5.70 Å². The molecule has 0 bridgehead atoms. The molecule has 0 spiro atoms. The first kappa shape index (κ1) is 21.1. The Morgan fingerprint density at radius 3 is 2.45 bits per heavy atom. The Morgan fingerprint density at radius 2 is 1.73 bits per heavy atom. The lowest BCUT2D eigenvalue weighted by Crippen LogP contribution is -2.22. The fourth-order valence-corrected chi connectivity index (χ4v) is 3.99. The fourth-order valence-electron chi connectivity index (χ4n) is 3.73. The average molecular weight is 507 g/mol. The number of fused-ring (bicyclic) bond motifs is 1. The molecule has 1 aliphatic rings. The van der Waals surface area contributed by atoms with E-state index in [4.69, 9.17) is 0 Å². The Labute approximate surface area is 196 Å². The number of allylic oxidation sites excluding steroid dienone is 1. The first-order chi connectivity index (χ1) is 16.0. The number of carbonyl (C=O) groups excluding carboxylic acids is 1. The summed E-state index contributed by atoms with van der Waals surface area (Å²) in [5.74, 6) is -0.743. The molecule has 164 valence electrons. The molecule has 2 heterocycles. The normalized spacial score (nSPS) is 14.8. The van der Waals surface area contributed by atoms with Crippen LogP contribution in [0, 0.1) is 11.6 Å². The minimum absolute atomic E-state index is 0.281. The Bertz CT molecular complexity index is 1360. The monoisotopic (exact) mass is 506 g/mol. The predicted molar refractivity (Wildman–Crippen MR) is 127 cm³/mol. The number of hydrogen-bond donors (Lipinski definition) is 2. The van der Waals surface area contributed by atoms with E-state index >= 15 is 0 Å². The molecule has 0 radical (unpaired) electrons. The van der Waals surface area contributed by atoms with Gasteiger partial charge in [0.25, 0.3) is 5.91 Å². The van der Waals surface area contributed by atoms with Gasteiger partial charge in [-0.2, -0.15) is 5.10 Å². The van der Waals surface area contributed by atoms with Gasteiger partial charge >= 0.3 is 0 Å². The number of aromatic nitrogens is 2. The predicted octanol–water partition coefficient (Wildman–Crippen LogP) is 6.23. The molecular weight excluding hydrogens is 490 g/mol. The van der Waals surface area contributed by atoms with Gasteiger partial charge in [-0.25, -0.2) is 13.5 Å². The zero-order valence-electron chi connectivity index (χ0n) is 17.1. The Balaban J connectivity index is 1.56. The Morgan fingerprint density at radius 1 is 1.00 bits per heavy atom. The number of nitrogens with zero attached hydrogens (tertiary/aromatic N) is 2. The third-order valence-electron chi connectivity index (χ3n) is 5.36. The number of rotatable bonds is 4. The number of anilines is 2. The number of carbonyl (C=O) groups is 1. The second-order valence-electron chi connectivity index (χ2n) is 7.49. The zero-order valence-corrected chi connectivity index (χ0v) is 18.7. The van der Waals surface area contributed by atoms with Crippen LogP contribution in [0.15, 0.2) is 89.5 Å². The summed E-state index contributed by atoms with van der Waals surface area (Å²) in [5, 5.41) is 10.4. The van der Waals surface area contributed by atoms with Gasteiger partial charge in [0.1, 0.15) is 29.1 Å². The van der Waals surface area contributed by atoms with E-state index in [1.807, 2.05) is 30.3 Å². The third-order valence-corrected chi connectivity index (χ3v) is 5.89. The minimum atomic E-state index is -0.562. The van der Waals surface area contributed by atoms with Gasteiger partial charge in [-0.15, -0.1) is 0 Å². The Hall–Kier alpha value is -3.78. The van der Waals surface area contributed by atoms with Crippen molar-refractivity contribution >= 4 is 39.0 Å². The molecule has 8 heteroatoms. The van der Waals surface area contributed by atoms with Gasteiger partial charge in [-0.05, 0) is 54.1 Å². The van der Waals surface area contributed by atoms with Crippen LogP contribution in [0.5, 0.6) is 0 Å². The highest BCUT2D eigenvalue weighted by atomic mass is 79.9. The standard InChI is InChI=1S/C25H17BrF2N4O/c26-16-7-5-15(6-8-16)22-13-23(19-3-1-2-4-21(19)28)32-24(31-22)20(14-29-32)25(33)30-18-11-9-17(27)10-12-18/h1-14,23,31H,(H,30,33)/t23-/m0/s1. The van der Waals surface area contributed by atoms with Crippen molar-refractivity contribution in [3.05, 3.63) is 118 Å². The van der Waals surface area contributed by atoms with Crippen LogP contribution in [0.3, 0.4) is 0 Å². The molecule has 2 N–H and O–H groups in total. The van der Waals surface area contributed by atoms with Crippen LogP contribution >= 0.6 is 15.9 Å². The Kier molecular flexibility index (Phi) is 5.51. The molecule has 1 aliphatic heterocycles. The van der Waals surface area contributed by atoms with E-state index in [0.717, 1.165) is 15.7 Å². The summed E-state index contributed by atoms with van der Waals surface area (Å²) in [7, 11) is 0. The van der Waals surface area contributed by atoms with E-state index in [9.17, 15) is 13.6 Å². The average Bonchev–Trinajstić information content (AvgIpc) is 3.25. The molecule has 5 nitrogen and oxygen atoms in total. The third kappa shape index (κ3) is 4.17. The first-order valence-electron chi connectivity index (χ1n) is 10.1. The quantitative estimate of drug-likeness (QED) is 0.344. The molecule has 0 saturated heterocycles. The second-order valence-corrected chi connectivity index (χ2v) is 8.41. The highest BCUT2D eigenvalue weighted by Gasteiger charge is 2.29. The van der Waals surface area contributed by atoms with E-state index in [1.165, 1.54) is 36.5 Å². The lowest BCUT2D eigenvalue weighted by molar-refractivity contribution is 0.102. The summed E-state index contributed by atoms with van der Waals surface area (Å²) < 4.78 is 30.5. The molecule has 33 heavy (non-hydrogen) atoms. The van der Waals surface area contributed by atoms with Gasteiger partial charge in [0, 0.05) is 21.4 Å². The molecule has 3 aromatic carbocycles. The molecule has 1 amide bonds. The molecule has 0 fully saturated rings. The summed E-state index contributed by atoms with van der Waals surface area (Å²) in [6, 6.07) is 19.1. The van der Waals surface area contributed by atoms with Crippen LogP contribution in [-0.4, -0.2) is 15.7 Å². The van der Waals surface area contributed by atoms with Gasteiger partial charge in [0.05, 0.1) is 6.20 Å². The molecule has 0 unspecified atom stereocenters. The molecule has 1 atom stereocenters. The van der Waals surface area contributed by atoms with Crippen LogP contribution in [0.2, 0.25) is 0 Å². The molecule has 1 aromatic heterocycles. The van der Waals surface area contributed by atoms with Crippen molar-refractivity contribution in [1.82, 2.24) is 9.78 Å². The summed E-state index contributed by atoms with van der Waals surface area (Å²) in [6.45, 7) is 0. The van der Waals surface area contributed by atoms with Crippen molar-refractivity contribution < 1.29 is 13.6 Å². The van der Waals surface area contributed by atoms with E-state index < -0.39 is 17.8 Å². The van der Waals surface area contributed by atoms with E-state index in [2.05, 4.69) is 31.7 Å². The summed E-state index contributed by atoms with van der Waals surface area (Å²) in [4.78, 5) is 13.0. The van der Waals surface area contributed by atoms with Crippen LogP contribution in [-0.2, 0) is 0 Å². The SMILES string of the molecule is O=C(Nc1ccc(F)cc1)c1cnn2c1NC(c1ccc(Br)cc1)=C[C@H]2c1ccccc1F. The maximum absolute atomic E-state index is 14.7. The highest BCUT2D eigenvalue weighted by molar-refractivity contribution is 9.10. The van der Waals surface area contributed by atoms with Crippen LogP contribution in [0.1, 0.15) is 27.5 Å². The first-order valence-corrected chi connectivity index (χ1v) is 10.9. The van der Waals surface area contributed by atoms with Gasteiger partial charge in [-0.3, -0.25) is 4.79 Å².